The van der Waals surface area contributed by atoms with E-state index in [2.05, 4.69) is 33.2 Å². The van der Waals surface area contributed by atoms with Crippen LogP contribution in [0.25, 0.3) is 70.1 Å². The molecule has 0 aliphatic heterocycles. The molecule has 6 heteroatoms. The van der Waals surface area contributed by atoms with Crippen LogP contribution < -0.4 is 0 Å². The maximum Gasteiger partial charge on any atom is 0.156 e. The smallest absolute Gasteiger partial charge is 0.156 e. The molecule has 7 rings (SSSR count). The van der Waals surface area contributed by atoms with Crippen LogP contribution in [0.3, 0.4) is 0 Å². The Bertz CT molecular complexity index is 1910. The molecule has 48 heavy (non-hydrogen) atoms. The second-order valence-corrected chi connectivity index (χ2v) is 10.9. The third kappa shape index (κ3) is 7.76. The highest BCUT2D eigenvalue weighted by molar-refractivity contribution is 5.73. The first-order valence-corrected chi connectivity index (χ1v) is 15.6. The minimum atomic E-state index is 0.522. The van der Waals surface area contributed by atoms with Gasteiger partial charge in [0, 0.05) is 35.3 Å². The maximum absolute atomic E-state index is 4.71. The van der Waals surface area contributed by atoms with E-state index in [1.807, 2.05) is 164 Å². The summed E-state index contributed by atoms with van der Waals surface area (Å²) in [5.41, 5.74) is 8.87. The van der Waals surface area contributed by atoms with Crippen molar-refractivity contribution in [3.05, 3.63) is 180 Å². The van der Waals surface area contributed by atoms with Crippen LogP contribution in [0.4, 0.5) is 0 Å². The maximum atomic E-state index is 4.71. The van der Waals surface area contributed by atoms with E-state index in [9.17, 15) is 0 Å². The highest BCUT2D eigenvalue weighted by Gasteiger charge is 2.04. The van der Waals surface area contributed by atoms with Gasteiger partial charge in [-0.15, -0.1) is 0 Å². The topological polar surface area (TPSA) is 77.3 Å². The zero-order chi connectivity index (χ0) is 32.4. The molecular formula is C42H30N6. The fourth-order valence-electron chi connectivity index (χ4n) is 5.02. The van der Waals surface area contributed by atoms with Gasteiger partial charge in [-0.3, -0.25) is 15.0 Å². The van der Waals surface area contributed by atoms with Gasteiger partial charge in [0.1, 0.15) is 0 Å². The molecule has 0 amide bonds. The molecule has 228 valence electrons. The van der Waals surface area contributed by atoms with E-state index in [0.29, 0.717) is 17.5 Å². The minimum Gasteiger partial charge on any atom is -0.256 e. The number of hydrogen-bond acceptors (Lipinski definition) is 6. The molecule has 0 radical (unpaired) electrons. The summed E-state index contributed by atoms with van der Waals surface area (Å²) >= 11 is 0. The highest BCUT2D eigenvalue weighted by Crippen LogP contribution is 2.20. The molecule has 0 spiro atoms. The zero-order valence-corrected chi connectivity index (χ0v) is 26.0. The van der Waals surface area contributed by atoms with Crippen LogP contribution in [0, 0.1) is 0 Å². The molecule has 6 nitrogen and oxygen atoms in total. The van der Waals surface area contributed by atoms with E-state index in [1.54, 1.807) is 0 Å². The van der Waals surface area contributed by atoms with Crippen molar-refractivity contribution in [3.8, 4) is 33.6 Å². The Balaban J connectivity index is 1.14. The number of hydrogen-bond donors (Lipinski definition) is 0. The standard InChI is InChI=1S/C42H30N6/c1-4-10-33(11-5-1)36-20-21-37(43-30-36)22-27-42-47-40(25-18-31-16-23-38(44-28-31)34-12-6-2-7-13-34)46-41(48-42)26-19-32-17-24-39(45-29-32)35-14-8-3-9-15-35/h1-30H/b25-18-,26-19-,27-22-. The monoisotopic (exact) mass is 618 g/mol. The molecule has 0 atom stereocenters. The Morgan fingerprint density at radius 3 is 1.19 bits per heavy atom. The summed E-state index contributed by atoms with van der Waals surface area (Å²) < 4.78 is 0. The van der Waals surface area contributed by atoms with E-state index in [-0.39, 0.29) is 0 Å². The summed E-state index contributed by atoms with van der Waals surface area (Å²) in [5, 5.41) is 0. The Hall–Kier alpha value is -6.66. The Kier molecular flexibility index (Phi) is 9.15. The van der Waals surface area contributed by atoms with Gasteiger partial charge in [-0.2, -0.15) is 0 Å². The second-order valence-electron chi connectivity index (χ2n) is 10.9. The highest BCUT2D eigenvalue weighted by atomic mass is 15.0. The third-order valence-electron chi connectivity index (χ3n) is 7.55. The molecule has 0 fully saturated rings. The SMILES string of the molecule is C(=C/c1nc(/C=C\c2ccc(-c3ccccc3)nc2)nc(/C=C\c2ccc(-c3ccccc3)cn2)n1)/c1ccc(-c2ccccc2)nc1. The first-order valence-electron chi connectivity index (χ1n) is 15.6. The van der Waals surface area contributed by atoms with Gasteiger partial charge in [-0.05, 0) is 71.3 Å². The Labute approximate surface area is 279 Å². The average molecular weight is 619 g/mol. The van der Waals surface area contributed by atoms with Gasteiger partial charge in [0.2, 0.25) is 0 Å². The minimum absolute atomic E-state index is 0.522. The predicted octanol–water partition coefficient (Wildman–Crippen LogP) is 9.57. The van der Waals surface area contributed by atoms with Crippen molar-refractivity contribution < 1.29 is 0 Å². The molecule has 0 N–H and O–H groups in total. The van der Waals surface area contributed by atoms with Gasteiger partial charge in [-0.25, -0.2) is 15.0 Å². The molecule has 0 bridgehead atoms. The molecule has 0 unspecified atom stereocenters. The summed E-state index contributed by atoms with van der Waals surface area (Å²) in [6, 6.07) is 42.6. The van der Waals surface area contributed by atoms with Crippen molar-refractivity contribution in [2.24, 2.45) is 0 Å². The van der Waals surface area contributed by atoms with Crippen LogP contribution in [0.1, 0.15) is 34.3 Å². The van der Waals surface area contributed by atoms with E-state index in [1.165, 1.54) is 0 Å². The molecule has 7 aromatic rings. The van der Waals surface area contributed by atoms with Gasteiger partial charge in [-0.1, -0.05) is 109 Å². The lowest BCUT2D eigenvalue weighted by Crippen LogP contribution is -1.99. The molecule has 0 saturated carbocycles. The van der Waals surface area contributed by atoms with Gasteiger partial charge >= 0.3 is 0 Å². The lowest BCUT2D eigenvalue weighted by atomic mass is 10.1. The lowest BCUT2D eigenvalue weighted by molar-refractivity contribution is 0.991. The van der Waals surface area contributed by atoms with Crippen molar-refractivity contribution in [3.63, 3.8) is 0 Å². The first-order chi connectivity index (χ1) is 23.7. The second kappa shape index (κ2) is 14.6. The van der Waals surface area contributed by atoms with Crippen LogP contribution in [0.5, 0.6) is 0 Å². The molecule has 0 aliphatic carbocycles. The summed E-state index contributed by atoms with van der Waals surface area (Å²) in [6.45, 7) is 0. The largest absolute Gasteiger partial charge is 0.256 e. The number of rotatable bonds is 9. The van der Waals surface area contributed by atoms with E-state index < -0.39 is 0 Å². The fourth-order valence-corrected chi connectivity index (χ4v) is 5.02. The summed E-state index contributed by atoms with van der Waals surface area (Å²) in [4.78, 5) is 28.0. The Morgan fingerprint density at radius 1 is 0.312 bits per heavy atom. The van der Waals surface area contributed by atoms with Crippen LogP contribution in [0.2, 0.25) is 0 Å². The van der Waals surface area contributed by atoms with E-state index >= 15 is 0 Å². The Morgan fingerprint density at radius 2 is 0.771 bits per heavy atom. The van der Waals surface area contributed by atoms with Crippen LogP contribution >= 0.6 is 0 Å². The quantitative estimate of drug-likeness (QED) is 0.160. The van der Waals surface area contributed by atoms with Crippen molar-refractivity contribution >= 4 is 36.5 Å². The normalized spacial score (nSPS) is 11.5. The van der Waals surface area contributed by atoms with E-state index in [4.69, 9.17) is 15.0 Å². The number of nitrogens with zero attached hydrogens (tertiary/aromatic N) is 6. The molecule has 4 heterocycles. The number of pyridine rings is 3. The van der Waals surface area contributed by atoms with Crippen LogP contribution in [-0.2, 0) is 0 Å². The van der Waals surface area contributed by atoms with E-state index in [0.717, 1.165) is 50.5 Å². The molecular weight excluding hydrogens is 589 g/mol. The average Bonchev–Trinajstić information content (AvgIpc) is 3.17. The third-order valence-corrected chi connectivity index (χ3v) is 7.55. The van der Waals surface area contributed by atoms with Gasteiger partial charge in [0.15, 0.2) is 17.5 Å². The molecule has 0 saturated heterocycles. The predicted molar refractivity (Wildman–Crippen MR) is 196 cm³/mol. The molecule has 3 aromatic carbocycles. The summed E-state index contributed by atoms with van der Waals surface area (Å²) in [6.07, 6.45) is 17.0. The van der Waals surface area contributed by atoms with Crippen molar-refractivity contribution in [1.82, 2.24) is 29.9 Å². The van der Waals surface area contributed by atoms with Gasteiger partial charge < -0.3 is 0 Å². The zero-order valence-electron chi connectivity index (χ0n) is 26.0. The first kappa shape index (κ1) is 30.0. The van der Waals surface area contributed by atoms with Crippen LogP contribution in [0.15, 0.2) is 146 Å². The van der Waals surface area contributed by atoms with Crippen molar-refractivity contribution in [2.45, 2.75) is 0 Å². The summed E-state index contributed by atoms with van der Waals surface area (Å²) in [5.74, 6) is 1.58. The summed E-state index contributed by atoms with van der Waals surface area (Å²) in [7, 11) is 0. The van der Waals surface area contributed by atoms with Crippen LogP contribution in [-0.4, -0.2) is 29.9 Å². The molecule has 4 aromatic heterocycles. The van der Waals surface area contributed by atoms with Gasteiger partial charge in [0.25, 0.3) is 0 Å². The lowest BCUT2D eigenvalue weighted by Gasteiger charge is -2.03. The number of benzene rings is 3. The van der Waals surface area contributed by atoms with Gasteiger partial charge in [0.05, 0.1) is 17.1 Å². The van der Waals surface area contributed by atoms with Crippen molar-refractivity contribution in [1.29, 1.82) is 0 Å². The fraction of sp³-hybridized carbons (Fsp3) is 0. The number of aromatic nitrogens is 6. The van der Waals surface area contributed by atoms with Crippen molar-refractivity contribution in [2.75, 3.05) is 0 Å². The molecule has 0 aliphatic rings.